The van der Waals surface area contributed by atoms with Gasteiger partial charge in [-0.25, -0.2) is 14.4 Å². The van der Waals surface area contributed by atoms with Gasteiger partial charge in [-0.05, 0) is 70.3 Å². The number of halogens is 1. The van der Waals surface area contributed by atoms with Gasteiger partial charge in [-0.2, -0.15) is 5.26 Å². The van der Waals surface area contributed by atoms with E-state index in [2.05, 4.69) is 33.9 Å². The molecule has 1 atom stereocenters. The third kappa shape index (κ3) is 4.89. The molecule has 9 heteroatoms. The highest BCUT2D eigenvalue weighted by molar-refractivity contribution is 5.46. The van der Waals surface area contributed by atoms with E-state index >= 15 is 0 Å². The number of methoxy groups -OCH3 is 1. The second-order valence-electron chi connectivity index (χ2n) is 9.90. The van der Waals surface area contributed by atoms with Crippen molar-refractivity contribution in [2.75, 3.05) is 45.8 Å². The van der Waals surface area contributed by atoms with Gasteiger partial charge in [0.05, 0.1) is 18.1 Å². The maximum Gasteiger partial charge on any atom is 0.232 e. The number of hydrogen-bond donors (Lipinski definition) is 1. The first-order valence-corrected chi connectivity index (χ1v) is 12.2. The van der Waals surface area contributed by atoms with Gasteiger partial charge in [-0.15, -0.1) is 0 Å². The minimum atomic E-state index is -0.810. The quantitative estimate of drug-likeness (QED) is 0.575. The number of rotatable bonds is 8. The van der Waals surface area contributed by atoms with Gasteiger partial charge in [0.1, 0.15) is 11.9 Å². The molecular formula is C26H35FN6O2. The van der Waals surface area contributed by atoms with Crippen LogP contribution in [0.2, 0.25) is 0 Å². The Labute approximate surface area is 207 Å². The molecule has 4 rings (SSSR count). The predicted octanol–water partition coefficient (Wildman–Crippen LogP) is 3.08. The lowest BCUT2D eigenvalue weighted by Gasteiger charge is -2.51. The lowest BCUT2D eigenvalue weighted by atomic mass is 9.68. The maximum absolute atomic E-state index is 14.1. The first kappa shape index (κ1) is 25.5. The second-order valence-corrected chi connectivity index (χ2v) is 9.90. The molecule has 1 spiro atoms. The van der Waals surface area contributed by atoms with E-state index in [1.165, 1.54) is 6.07 Å². The summed E-state index contributed by atoms with van der Waals surface area (Å²) in [6, 6.07) is 8.90. The normalized spacial score (nSPS) is 27.0. The minimum absolute atomic E-state index is 0.108. The molecule has 0 bridgehead atoms. The average molecular weight is 483 g/mol. The molecule has 1 N–H and O–H groups in total. The van der Waals surface area contributed by atoms with Crippen molar-refractivity contribution < 1.29 is 14.2 Å². The Morgan fingerprint density at radius 3 is 2.51 bits per heavy atom. The van der Waals surface area contributed by atoms with Crippen LogP contribution in [0.3, 0.4) is 0 Å². The summed E-state index contributed by atoms with van der Waals surface area (Å²) in [7, 11) is 5.83. The summed E-state index contributed by atoms with van der Waals surface area (Å²) >= 11 is 0. The van der Waals surface area contributed by atoms with E-state index in [9.17, 15) is 9.50 Å². The topological polar surface area (TPSA) is 88.8 Å². The number of ether oxygens (including phenoxy) is 1. The minimum Gasteiger partial charge on any atom is -0.385 e. The summed E-state index contributed by atoms with van der Waals surface area (Å²) in [4.78, 5) is 14.6. The van der Waals surface area contributed by atoms with Gasteiger partial charge < -0.3 is 14.7 Å². The van der Waals surface area contributed by atoms with Crippen molar-refractivity contribution in [3.8, 4) is 6.07 Å². The zero-order valence-corrected chi connectivity index (χ0v) is 20.8. The lowest BCUT2D eigenvalue weighted by molar-refractivity contribution is -0.0542. The van der Waals surface area contributed by atoms with E-state index in [-0.39, 0.29) is 22.7 Å². The third-order valence-corrected chi connectivity index (χ3v) is 7.92. The zero-order chi connectivity index (χ0) is 25.1. The molecule has 1 aromatic carbocycles. The van der Waals surface area contributed by atoms with Gasteiger partial charge in [-0.3, -0.25) is 9.80 Å². The highest BCUT2D eigenvalue weighted by atomic mass is 19.1. The average Bonchev–Trinajstić information content (AvgIpc) is 3.13. The van der Waals surface area contributed by atoms with Crippen molar-refractivity contribution in [2.24, 2.45) is 0 Å². The molecule has 1 aliphatic heterocycles. The Morgan fingerprint density at radius 2 is 1.91 bits per heavy atom. The summed E-state index contributed by atoms with van der Waals surface area (Å²) < 4.78 is 19.4. The summed E-state index contributed by atoms with van der Waals surface area (Å²) in [6.07, 6.45) is 7.65. The number of aliphatic hydroxyl groups excluding tert-OH is 1. The van der Waals surface area contributed by atoms with Crippen molar-refractivity contribution in [1.82, 2.24) is 19.8 Å². The Morgan fingerprint density at radius 1 is 1.20 bits per heavy atom. The molecule has 2 heterocycles. The standard InChI is InChI=1S/C26H35FN6O2/c1-31(2)26(20-7-6-8-21(27)15-20)11-9-25(10-12-26)19-32(22-17-29-23(16-28)30-18-22)24(34)33(25)13-4-5-14-35-3/h6-8,15,17-18,24,34H,4-5,9-14,19H2,1-3H3/t24?,25-,26+. The van der Waals surface area contributed by atoms with Crippen LogP contribution in [0.1, 0.15) is 49.9 Å². The van der Waals surface area contributed by atoms with Crippen LogP contribution >= 0.6 is 0 Å². The van der Waals surface area contributed by atoms with Crippen molar-refractivity contribution in [3.05, 3.63) is 53.9 Å². The van der Waals surface area contributed by atoms with E-state index in [4.69, 9.17) is 10.00 Å². The van der Waals surface area contributed by atoms with Crippen molar-refractivity contribution in [1.29, 1.82) is 5.26 Å². The summed E-state index contributed by atoms with van der Waals surface area (Å²) in [5.41, 5.74) is 1.21. The maximum atomic E-state index is 14.1. The van der Waals surface area contributed by atoms with Crippen LogP contribution in [0.5, 0.6) is 0 Å². The fraction of sp³-hybridized carbons (Fsp3) is 0.577. The highest BCUT2D eigenvalue weighted by Gasteiger charge is 2.54. The van der Waals surface area contributed by atoms with Gasteiger partial charge >= 0.3 is 0 Å². The Balaban J connectivity index is 1.61. The van der Waals surface area contributed by atoms with E-state index in [1.807, 2.05) is 17.0 Å². The van der Waals surface area contributed by atoms with Gasteiger partial charge in [0.2, 0.25) is 5.82 Å². The molecule has 1 unspecified atom stereocenters. The number of aromatic nitrogens is 2. The Kier molecular flexibility index (Phi) is 7.67. The Bertz CT molecular complexity index is 1030. The van der Waals surface area contributed by atoms with E-state index in [0.717, 1.165) is 50.6 Å². The largest absolute Gasteiger partial charge is 0.385 e. The van der Waals surface area contributed by atoms with Gasteiger partial charge in [0.25, 0.3) is 0 Å². The van der Waals surface area contributed by atoms with E-state index in [1.54, 1.807) is 31.6 Å². The van der Waals surface area contributed by atoms with Crippen molar-refractivity contribution >= 4 is 5.69 Å². The molecule has 8 nitrogen and oxygen atoms in total. The van der Waals surface area contributed by atoms with Gasteiger partial charge in [0.15, 0.2) is 6.35 Å². The summed E-state index contributed by atoms with van der Waals surface area (Å²) in [5.74, 6) is -0.107. The monoisotopic (exact) mass is 482 g/mol. The number of nitriles is 1. The molecule has 2 aromatic rings. The molecule has 1 aromatic heterocycles. The third-order valence-electron chi connectivity index (χ3n) is 7.92. The molecule has 2 fully saturated rings. The van der Waals surface area contributed by atoms with E-state index in [0.29, 0.717) is 18.8 Å². The second kappa shape index (κ2) is 10.5. The fourth-order valence-electron chi connectivity index (χ4n) is 5.88. The SMILES string of the molecule is COCCCCN1C(O)N(c2cnc(C#N)nc2)C[C@]12CC[C@](c1cccc(F)c1)(N(C)C)CC2. The molecular weight excluding hydrogens is 447 g/mol. The molecule has 35 heavy (non-hydrogen) atoms. The Hall–Kier alpha value is -2.64. The number of unbranched alkanes of at least 4 members (excludes halogenated alkanes) is 1. The number of aliphatic hydroxyl groups is 1. The van der Waals surface area contributed by atoms with Crippen LogP contribution in [0.4, 0.5) is 10.1 Å². The van der Waals surface area contributed by atoms with Gasteiger partial charge in [-0.1, -0.05) is 12.1 Å². The molecule has 188 valence electrons. The molecule has 1 saturated heterocycles. The van der Waals surface area contributed by atoms with Crippen LogP contribution in [0, 0.1) is 17.1 Å². The first-order valence-electron chi connectivity index (χ1n) is 12.2. The highest BCUT2D eigenvalue weighted by Crippen LogP contribution is 2.50. The molecule has 1 saturated carbocycles. The van der Waals surface area contributed by atoms with Crippen LogP contribution in [-0.2, 0) is 10.3 Å². The van der Waals surface area contributed by atoms with Crippen LogP contribution in [0.15, 0.2) is 36.7 Å². The van der Waals surface area contributed by atoms with Crippen LogP contribution in [-0.4, -0.2) is 77.7 Å². The predicted molar refractivity (Wildman–Crippen MR) is 131 cm³/mol. The number of hydrogen-bond acceptors (Lipinski definition) is 8. The smallest absolute Gasteiger partial charge is 0.232 e. The van der Waals surface area contributed by atoms with Gasteiger partial charge in [0, 0.05) is 37.9 Å². The molecule has 1 aliphatic carbocycles. The van der Waals surface area contributed by atoms with Crippen molar-refractivity contribution in [3.63, 3.8) is 0 Å². The van der Waals surface area contributed by atoms with Crippen LogP contribution < -0.4 is 4.90 Å². The lowest BCUT2D eigenvalue weighted by Crippen LogP contribution is -2.56. The van der Waals surface area contributed by atoms with E-state index < -0.39 is 6.35 Å². The zero-order valence-electron chi connectivity index (χ0n) is 20.8. The summed E-state index contributed by atoms with van der Waals surface area (Å²) in [5, 5.41) is 20.5. The molecule has 2 aliphatic rings. The first-order chi connectivity index (χ1) is 16.8. The number of nitrogens with zero attached hydrogens (tertiary/aromatic N) is 6. The number of benzene rings is 1. The van der Waals surface area contributed by atoms with Crippen LogP contribution in [0.25, 0.3) is 0 Å². The summed E-state index contributed by atoms with van der Waals surface area (Å²) in [6.45, 7) is 2.07. The molecule has 0 radical (unpaired) electrons. The number of anilines is 1. The molecule has 0 amide bonds. The fourth-order valence-corrected chi connectivity index (χ4v) is 5.88. The van der Waals surface area contributed by atoms with Crippen molar-refractivity contribution in [2.45, 2.75) is 56.0 Å².